The Hall–Kier alpha value is -1.62. The Morgan fingerprint density at radius 2 is 2.28 bits per heavy atom. The van der Waals surface area contributed by atoms with Crippen molar-refractivity contribution in [1.29, 1.82) is 0 Å². The number of hydrogen-bond donors (Lipinski definition) is 1. The topological polar surface area (TPSA) is 62.7 Å². The highest BCUT2D eigenvalue weighted by Crippen LogP contribution is 2.25. The van der Waals surface area contributed by atoms with Crippen molar-refractivity contribution in [2.24, 2.45) is 0 Å². The summed E-state index contributed by atoms with van der Waals surface area (Å²) in [5.41, 5.74) is 1.86. The lowest BCUT2D eigenvalue weighted by Gasteiger charge is -2.26. The lowest BCUT2D eigenvalue weighted by Crippen LogP contribution is -2.34. The molecule has 98 valence electrons. The molecule has 18 heavy (non-hydrogen) atoms. The van der Waals surface area contributed by atoms with E-state index in [1.54, 1.807) is 13.0 Å². The minimum absolute atomic E-state index is 0.205. The molecule has 5 heteroatoms. The van der Waals surface area contributed by atoms with Gasteiger partial charge in [0.05, 0.1) is 12.6 Å². The van der Waals surface area contributed by atoms with Gasteiger partial charge in [0.25, 0.3) is 0 Å². The van der Waals surface area contributed by atoms with Crippen LogP contribution in [-0.4, -0.2) is 42.4 Å². The van der Waals surface area contributed by atoms with E-state index in [4.69, 9.17) is 4.74 Å². The molecule has 0 saturated carbocycles. The van der Waals surface area contributed by atoms with Crippen molar-refractivity contribution in [3.8, 4) is 0 Å². The maximum atomic E-state index is 11.4. The number of rotatable bonds is 3. The number of carboxylic acid groups (broad SMARTS) is 1. The molecule has 0 aromatic carbocycles. The molecule has 1 N–H and O–H groups in total. The van der Waals surface area contributed by atoms with Crippen LogP contribution < -0.4 is 4.90 Å². The first-order valence-electron chi connectivity index (χ1n) is 6.03. The number of ether oxygens (including phenoxy) is 1. The van der Waals surface area contributed by atoms with Gasteiger partial charge in [-0.1, -0.05) is 0 Å². The van der Waals surface area contributed by atoms with Crippen molar-refractivity contribution in [3.05, 3.63) is 22.9 Å². The van der Waals surface area contributed by atoms with Gasteiger partial charge in [-0.05, 0) is 31.9 Å². The molecular weight excluding hydrogens is 232 g/mol. The quantitative estimate of drug-likeness (QED) is 0.883. The van der Waals surface area contributed by atoms with E-state index in [0.717, 1.165) is 24.3 Å². The zero-order valence-corrected chi connectivity index (χ0v) is 10.9. The predicted molar refractivity (Wildman–Crippen MR) is 68.3 cm³/mol. The molecule has 2 heterocycles. The van der Waals surface area contributed by atoms with Crippen molar-refractivity contribution >= 4 is 11.8 Å². The Bertz CT molecular complexity index is 468. The average Bonchev–Trinajstić information content (AvgIpc) is 2.79. The molecule has 1 unspecified atom stereocenters. The van der Waals surface area contributed by atoms with Gasteiger partial charge in [0.2, 0.25) is 0 Å². The highest BCUT2D eigenvalue weighted by molar-refractivity contribution is 5.95. The molecule has 0 amide bonds. The first-order valence-corrected chi connectivity index (χ1v) is 6.03. The van der Waals surface area contributed by atoms with Gasteiger partial charge in [-0.15, -0.1) is 0 Å². The zero-order valence-electron chi connectivity index (χ0n) is 10.9. The van der Waals surface area contributed by atoms with E-state index in [0.29, 0.717) is 12.4 Å². The Labute approximate surface area is 106 Å². The largest absolute Gasteiger partial charge is 0.478 e. The molecule has 1 atom stereocenters. The van der Waals surface area contributed by atoms with Crippen molar-refractivity contribution in [3.63, 3.8) is 0 Å². The van der Waals surface area contributed by atoms with Crippen LogP contribution in [0, 0.1) is 13.8 Å². The van der Waals surface area contributed by atoms with E-state index >= 15 is 0 Å². The SMILES string of the molecule is Cc1cc(C)c(C(=O)O)c(N(C)C2CCOC2)n1. The number of aryl methyl sites for hydroxylation is 2. The number of pyridine rings is 1. The molecule has 5 nitrogen and oxygen atoms in total. The lowest BCUT2D eigenvalue weighted by molar-refractivity contribution is 0.0696. The summed E-state index contributed by atoms with van der Waals surface area (Å²) < 4.78 is 5.34. The Morgan fingerprint density at radius 3 is 2.83 bits per heavy atom. The Morgan fingerprint density at radius 1 is 1.56 bits per heavy atom. The first kappa shape index (κ1) is 12.8. The number of carboxylic acids is 1. The first-order chi connectivity index (χ1) is 8.50. The average molecular weight is 250 g/mol. The Balaban J connectivity index is 2.44. The van der Waals surface area contributed by atoms with Crippen LogP contribution in [-0.2, 0) is 4.74 Å². The molecule has 0 spiro atoms. The van der Waals surface area contributed by atoms with Crippen LogP contribution in [0.5, 0.6) is 0 Å². The monoisotopic (exact) mass is 250 g/mol. The lowest BCUT2D eigenvalue weighted by atomic mass is 10.1. The van der Waals surface area contributed by atoms with Gasteiger partial charge < -0.3 is 14.7 Å². The molecule has 1 fully saturated rings. The van der Waals surface area contributed by atoms with Crippen molar-refractivity contribution < 1.29 is 14.6 Å². The van der Waals surface area contributed by atoms with Crippen LogP contribution in [0.2, 0.25) is 0 Å². The molecule has 2 rings (SSSR count). The third kappa shape index (κ3) is 2.31. The maximum absolute atomic E-state index is 11.4. The molecule has 1 saturated heterocycles. The Kier molecular flexibility index (Phi) is 3.52. The molecule has 1 aromatic rings. The second-order valence-corrected chi connectivity index (χ2v) is 4.71. The van der Waals surface area contributed by atoms with Crippen molar-refractivity contribution in [2.45, 2.75) is 26.3 Å². The fourth-order valence-electron chi connectivity index (χ4n) is 2.34. The van der Waals surface area contributed by atoms with Crippen LogP contribution in [0.25, 0.3) is 0 Å². The number of anilines is 1. The molecule has 0 bridgehead atoms. The van der Waals surface area contributed by atoms with E-state index in [1.165, 1.54) is 0 Å². The third-order valence-electron chi connectivity index (χ3n) is 3.33. The number of aromatic nitrogens is 1. The van der Waals surface area contributed by atoms with Crippen LogP contribution >= 0.6 is 0 Å². The van der Waals surface area contributed by atoms with E-state index in [1.807, 2.05) is 18.9 Å². The number of likely N-dealkylation sites (N-methyl/N-ethyl adjacent to an activating group) is 1. The van der Waals surface area contributed by atoms with Gasteiger partial charge >= 0.3 is 5.97 Å². The van der Waals surface area contributed by atoms with E-state index < -0.39 is 5.97 Å². The third-order valence-corrected chi connectivity index (χ3v) is 3.33. The fraction of sp³-hybridized carbons (Fsp3) is 0.538. The summed E-state index contributed by atoms with van der Waals surface area (Å²) in [7, 11) is 1.88. The summed E-state index contributed by atoms with van der Waals surface area (Å²) in [4.78, 5) is 17.7. The molecule has 0 aliphatic carbocycles. The van der Waals surface area contributed by atoms with E-state index in [-0.39, 0.29) is 11.6 Å². The van der Waals surface area contributed by atoms with Crippen LogP contribution in [0.15, 0.2) is 6.07 Å². The summed E-state index contributed by atoms with van der Waals surface area (Å²) in [6.45, 7) is 5.04. The van der Waals surface area contributed by atoms with Crippen LogP contribution in [0.3, 0.4) is 0 Å². The maximum Gasteiger partial charge on any atom is 0.339 e. The summed E-state index contributed by atoms with van der Waals surface area (Å²) in [5.74, 6) is -0.392. The highest BCUT2D eigenvalue weighted by atomic mass is 16.5. The van der Waals surface area contributed by atoms with Gasteiger partial charge in [0.15, 0.2) is 0 Å². The minimum atomic E-state index is -0.930. The van der Waals surface area contributed by atoms with Crippen LogP contribution in [0.1, 0.15) is 28.0 Å². The van der Waals surface area contributed by atoms with Crippen LogP contribution in [0.4, 0.5) is 5.82 Å². The number of carbonyl (C=O) groups is 1. The normalized spacial score (nSPS) is 18.9. The van der Waals surface area contributed by atoms with Gasteiger partial charge in [-0.25, -0.2) is 9.78 Å². The van der Waals surface area contributed by atoms with Gasteiger partial charge in [-0.2, -0.15) is 0 Å². The summed E-state index contributed by atoms with van der Waals surface area (Å²) >= 11 is 0. The number of nitrogens with zero attached hydrogens (tertiary/aromatic N) is 2. The predicted octanol–water partition coefficient (Wildman–Crippen LogP) is 1.62. The number of aromatic carboxylic acids is 1. The second kappa shape index (κ2) is 4.94. The van der Waals surface area contributed by atoms with E-state index in [2.05, 4.69) is 4.98 Å². The number of hydrogen-bond acceptors (Lipinski definition) is 4. The molecule has 1 aromatic heterocycles. The molecule has 1 aliphatic heterocycles. The van der Waals surface area contributed by atoms with E-state index in [9.17, 15) is 9.90 Å². The highest BCUT2D eigenvalue weighted by Gasteiger charge is 2.26. The fourth-order valence-corrected chi connectivity index (χ4v) is 2.34. The smallest absolute Gasteiger partial charge is 0.339 e. The summed E-state index contributed by atoms with van der Waals surface area (Å²) in [6, 6.07) is 2.00. The standard InChI is InChI=1S/C13H18N2O3/c1-8-6-9(2)14-12(11(8)13(16)17)15(3)10-4-5-18-7-10/h6,10H,4-5,7H2,1-3H3,(H,16,17). The molecular formula is C13H18N2O3. The van der Waals surface area contributed by atoms with Crippen molar-refractivity contribution in [2.75, 3.05) is 25.2 Å². The zero-order chi connectivity index (χ0) is 13.3. The minimum Gasteiger partial charge on any atom is -0.478 e. The van der Waals surface area contributed by atoms with Gasteiger partial charge in [-0.3, -0.25) is 0 Å². The molecule has 1 aliphatic rings. The van der Waals surface area contributed by atoms with Gasteiger partial charge in [0.1, 0.15) is 11.4 Å². The second-order valence-electron chi connectivity index (χ2n) is 4.71. The molecule has 0 radical (unpaired) electrons. The summed E-state index contributed by atoms with van der Waals surface area (Å²) in [5, 5.41) is 9.33. The summed E-state index contributed by atoms with van der Waals surface area (Å²) in [6.07, 6.45) is 0.907. The van der Waals surface area contributed by atoms with Crippen molar-refractivity contribution in [1.82, 2.24) is 4.98 Å². The van der Waals surface area contributed by atoms with Gasteiger partial charge in [0, 0.05) is 19.3 Å².